The zero-order chi connectivity index (χ0) is 16.7. The van der Waals surface area contributed by atoms with Crippen LogP contribution in [0.4, 0.5) is 4.79 Å². The maximum absolute atomic E-state index is 11.6. The second kappa shape index (κ2) is 8.57. The zero-order valence-electron chi connectivity index (χ0n) is 12.4. The number of carbonyl (C=O) groups excluding carboxylic acids is 1. The van der Waals surface area contributed by atoms with Crippen LogP contribution < -0.4 is 5.32 Å². The van der Waals surface area contributed by atoms with Crippen molar-refractivity contribution in [1.29, 1.82) is 0 Å². The van der Waals surface area contributed by atoms with Crippen LogP contribution in [0.3, 0.4) is 0 Å². The first-order valence-corrected chi connectivity index (χ1v) is 7.60. The van der Waals surface area contributed by atoms with Crippen LogP contribution in [0, 0.1) is 0 Å². The topological polar surface area (TPSA) is 78.8 Å². The summed E-state index contributed by atoms with van der Waals surface area (Å²) in [6.07, 6.45) is -2.91. The summed E-state index contributed by atoms with van der Waals surface area (Å²) in [5.41, 5.74) is 1.40. The first-order chi connectivity index (χ1) is 11.1. The highest BCUT2D eigenvalue weighted by Crippen LogP contribution is 2.19. The van der Waals surface area contributed by atoms with Crippen molar-refractivity contribution in [3.63, 3.8) is 0 Å². The minimum atomic E-state index is -1.14. The molecule has 0 bridgehead atoms. The Kier molecular flexibility index (Phi) is 6.46. The van der Waals surface area contributed by atoms with Gasteiger partial charge in [0.15, 0.2) is 0 Å². The number of nitrogens with one attached hydrogen (secondary N) is 1. The largest absolute Gasteiger partial charge is 0.445 e. The number of ether oxygens (including phenoxy) is 1. The van der Waals surface area contributed by atoms with Crippen LogP contribution in [-0.4, -0.2) is 29.0 Å². The fourth-order valence-electron chi connectivity index (χ4n) is 2.00. The van der Waals surface area contributed by atoms with Crippen molar-refractivity contribution in [2.24, 2.45) is 0 Å². The molecular formula is C17H19NO4S. The molecule has 2 unspecified atom stereocenters. The molecular weight excluding hydrogens is 314 g/mol. The van der Waals surface area contributed by atoms with Gasteiger partial charge in [0.05, 0.1) is 0 Å². The number of benzene rings is 2. The van der Waals surface area contributed by atoms with Crippen molar-refractivity contribution in [1.82, 2.24) is 5.32 Å². The molecule has 0 aromatic heterocycles. The van der Waals surface area contributed by atoms with Crippen LogP contribution in [0.2, 0.25) is 0 Å². The molecule has 0 saturated heterocycles. The van der Waals surface area contributed by atoms with Crippen molar-refractivity contribution in [3.8, 4) is 0 Å². The first kappa shape index (κ1) is 17.3. The number of alkyl carbamates (subject to hydrolysis) is 1. The summed E-state index contributed by atoms with van der Waals surface area (Å²) < 4.78 is 5.03. The van der Waals surface area contributed by atoms with Gasteiger partial charge in [0.25, 0.3) is 0 Å². The third-order valence-electron chi connectivity index (χ3n) is 3.24. The number of aliphatic hydroxyl groups excluding tert-OH is 2. The molecule has 5 nitrogen and oxygen atoms in total. The molecule has 0 fully saturated rings. The molecule has 2 rings (SSSR count). The number of rotatable bonds is 6. The third-order valence-corrected chi connectivity index (χ3v) is 3.52. The molecule has 0 saturated carbocycles. The molecule has 0 aliphatic rings. The smallest absolute Gasteiger partial charge is 0.407 e. The molecule has 0 heterocycles. The van der Waals surface area contributed by atoms with Gasteiger partial charge < -0.3 is 20.3 Å². The van der Waals surface area contributed by atoms with E-state index in [1.807, 2.05) is 30.3 Å². The Labute approximate surface area is 140 Å². The van der Waals surface area contributed by atoms with Gasteiger partial charge in [0.1, 0.15) is 18.8 Å². The molecule has 1 amide bonds. The predicted octanol–water partition coefficient (Wildman–Crippen LogP) is 2.30. The second-order valence-electron chi connectivity index (χ2n) is 5.05. The Morgan fingerprint density at radius 2 is 1.87 bits per heavy atom. The molecule has 6 heteroatoms. The van der Waals surface area contributed by atoms with Crippen molar-refractivity contribution >= 4 is 18.7 Å². The van der Waals surface area contributed by atoms with E-state index in [1.54, 1.807) is 24.3 Å². The summed E-state index contributed by atoms with van der Waals surface area (Å²) >= 11 is 4.18. The highest BCUT2D eigenvalue weighted by molar-refractivity contribution is 7.80. The van der Waals surface area contributed by atoms with Gasteiger partial charge >= 0.3 is 6.09 Å². The van der Waals surface area contributed by atoms with Gasteiger partial charge in [-0.05, 0) is 23.3 Å². The van der Waals surface area contributed by atoms with Gasteiger partial charge in [0.2, 0.25) is 0 Å². The van der Waals surface area contributed by atoms with Gasteiger partial charge in [0, 0.05) is 11.4 Å². The third kappa shape index (κ3) is 5.59. The highest BCUT2D eigenvalue weighted by Gasteiger charge is 2.19. The average Bonchev–Trinajstić information content (AvgIpc) is 2.58. The fourth-order valence-corrected chi connectivity index (χ4v) is 2.24. The summed E-state index contributed by atoms with van der Waals surface area (Å²) in [4.78, 5) is 12.3. The molecule has 2 aromatic carbocycles. The van der Waals surface area contributed by atoms with Gasteiger partial charge in [-0.1, -0.05) is 42.5 Å². The highest BCUT2D eigenvalue weighted by atomic mass is 32.1. The van der Waals surface area contributed by atoms with E-state index in [-0.39, 0.29) is 13.2 Å². The Hall–Kier alpha value is -2.02. The first-order valence-electron chi connectivity index (χ1n) is 7.16. The molecule has 0 spiro atoms. The zero-order valence-corrected chi connectivity index (χ0v) is 13.3. The van der Waals surface area contributed by atoms with E-state index in [0.29, 0.717) is 10.5 Å². The lowest BCUT2D eigenvalue weighted by molar-refractivity contribution is 0.0183. The molecule has 23 heavy (non-hydrogen) atoms. The molecule has 2 aromatic rings. The molecule has 2 atom stereocenters. The van der Waals surface area contributed by atoms with Crippen LogP contribution in [0.25, 0.3) is 0 Å². The van der Waals surface area contributed by atoms with E-state index in [2.05, 4.69) is 17.9 Å². The van der Waals surface area contributed by atoms with E-state index < -0.39 is 18.3 Å². The van der Waals surface area contributed by atoms with E-state index in [4.69, 9.17) is 4.74 Å². The SMILES string of the molecule is O=C(NCC(O)C(O)c1cccc(S)c1)OCc1ccccc1. The van der Waals surface area contributed by atoms with Crippen LogP contribution in [-0.2, 0) is 11.3 Å². The predicted molar refractivity (Wildman–Crippen MR) is 89.3 cm³/mol. The van der Waals surface area contributed by atoms with E-state index in [0.717, 1.165) is 5.56 Å². The molecule has 0 radical (unpaired) electrons. The summed E-state index contributed by atoms with van der Waals surface area (Å²) in [5, 5.41) is 22.4. The summed E-state index contributed by atoms with van der Waals surface area (Å²) in [6, 6.07) is 16.1. The Balaban J connectivity index is 1.77. The normalized spacial score (nSPS) is 13.2. The Bertz CT molecular complexity index is 636. The average molecular weight is 333 g/mol. The van der Waals surface area contributed by atoms with E-state index in [9.17, 15) is 15.0 Å². The molecule has 3 N–H and O–H groups in total. The lowest BCUT2D eigenvalue weighted by atomic mass is 10.0. The standard InChI is InChI=1S/C17H19NO4S/c19-15(16(20)13-7-4-8-14(23)9-13)10-18-17(21)22-11-12-5-2-1-3-6-12/h1-9,15-16,19-20,23H,10-11H2,(H,18,21). The van der Waals surface area contributed by atoms with Crippen molar-refractivity contribution in [2.45, 2.75) is 23.7 Å². The van der Waals surface area contributed by atoms with Crippen LogP contribution in [0.1, 0.15) is 17.2 Å². The van der Waals surface area contributed by atoms with Gasteiger partial charge in [-0.15, -0.1) is 12.6 Å². The Morgan fingerprint density at radius 3 is 2.57 bits per heavy atom. The van der Waals surface area contributed by atoms with E-state index in [1.165, 1.54) is 0 Å². The molecule has 122 valence electrons. The van der Waals surface area contributed by atoms with E-state index >= 15 is 0 Å². The monoisotopic (exact) mass is 333 g/mol. The van der Waals surface area contributed by atoms with Gasteiger partial charge in [-0.25, -0.2) is 4.79 Å². The van der Waals surface area contributed by atoms with Crippen molar-refractivity contribution in [3.05, 3.63) is 65.7 Å². The number of thiol groups is 1. The fraction of sp³-hybridized carbons (Fsp3) is 0.235. The Morgan fingerprint density at radius 1 is 1.13 bits per heavy atom. The lowest BCUT2D eigenvalue weighted by Crippen LogP contribution is -2.35. The minimum Gasteiger partial charge on any atom is -0.445 e. The maximum atomic E-state index is 11.6. The number of hydrogen-bond acceptors (Lipinski definition) is 5. The molecule has 0 aliphatic carbocycles. The van der Waals surface area contributed by atoms with Gasteiger partial charge in [-0.3, -0.25) is 0 Å². The summed E-state index contributed by atoms with van der Waals surface area (Å²) in [7, 11) is 0. The second-order valence-corrected chi connectivity index (χ2v) is 5.57. The number of amides is 1. The minimum absolute atomic E-state index is 0.119. The quantitative estimate of drug-likeness (QED) is 0.612. The van der Waals surface area contributed by atoms with Crippen LogP contribution >= 0.6 is 12.6 Å². The van der Waals surface area contributed by atoms with Crippen LogP contribution in [0.15, 0.2) is 59.5 Å². The van der Waals surface area contributed by atoms with Crippen molar-refractivity contribution in [2.75, 3.05) is 6.54 Å². The number of aliphatic hydroxyl groups is 2. The summed E-state index contributed by atoms with van der Waals surface area (Å²) in [5.74, 6) is 0. The number of hydrogen-bond donors (Lipinski definition) is 4. The van der Waals surface area contributed by atoms with Crippen molar-refractivity contribution < 1.29 is 19.7 Å². The summed E-state index contributed by atoms with van der Waals surface area (Å²) in [6.45, 7) is 0.0264. The van der Waals surface area contributed by atoms with Crippen LogP contribution in [0.5, 0.6) is 0 Å². The molecule has 0 aliphatic heterocycles. The number of carbonyl (C=O) groups is 1. The maximum Gasteiger partial charge on any atom is 0.407 e. The lowest BCUT2D eigenvalue weighted by Gasteiger charge is -2.18. The van der Waals surface area contributed by atoms with Gasteiger partial charge in [-0.2, -0.15) is 0 Å².